The first-order chi connectivity index (χ1) is 11.2. The molecule has 4 aromatic rings. The maximum atomic E-state index is 13.9. The van der Waals surface area contributed by atoms with E-state index >= 15 is 0 Å². The van der Waals surface area contributed by atoms with Gasteiger partial charge in [0.05, 0.1) is 17.4 Å². The highest BCUT2D eigenvalue weighted by molar-refractivity contribution is 5.93. The fourth-order valence-corrected chi connectivity index (χ4v) is 2.69. The zero-order valence-corrected chi connectivity index (χ0v) is 12.1. The molecule has 0 bridgehead atoms. The Morgan fingerprint density at radius 2 is 1.74 bits per heavy atom. The van der Waals surface area contributed by atoms with E-state index in [2.05, 4.69) is 15.0 Å². The van der Waals surface area contributed by atoms with Crippen LogP contribution >= 0.6 is 0 Å². The summed E-state index contributed by atoms with van der Waals surface area (Å²) in [4.78, 5) is 11.4. The SMILES string of the molecule is Nc1ncc(-c2ccc(-c3cc(F)cc4cccnc34)cc2)[nH]1. The number of aromatic amines is 1. The van der Waals surface area contributed by atoms with E-state index in [0.717, 1.165) is 33.3 Å². The van der Waals surface area contributed by atoms with Crippen LogP contribution in [-0.2, 0) is 0 Å². The van der Waals surface area contributed by atoms with Crippen molar-refractivity contribution >= 4 is 16.9 Å². The third-order valence-corrected chi connectivity index (χ3v) is 3.77. The number of nitrogens with zero attached hydrogens (tertiary/aromatic N) is 2. The van der Waals surface area contributed by atoms with Crippen LogP contribution in [0.4, 0.5) is 10.3 Å². The lowest BCUT2D eigenvalue weighted by molar-refractivity contribution is 0.630. The van der Waals surface area contributed by atoms with Gasteiger partial charge in [-0.3, -0.25) is 4.98 Å². The van der Waals surface area contributed by atoms with Gasteiger partial charge in [-0.2, -0.15) is 0 Å². The molecule has 0 saturated carbocycles. The topological polar surface area (TPSA) is 67.6 Å². The van der Waals surface area contributed by atoms with Crippen molar-refractivity contribution in [1.29, 1.82) is 0 Å². The third kappa shape index (κ3) is 2.42. The summed E-state index contributed by atoms with van der Waals surface area (Å²) < 4.78 is 13.9. The Kier molecular flexibility index (Phi) is 3.05. The number of aromatic nitrogens is 3. The van der Waals surface area contributed by atoms with Crippen molar-refractivity contribution in [3.63, 3.8) is 0 Å². The Hall–Kier alpha value is -3.21. The quantitative estimate of drug-likeness (QED) is 0.588. The van der Waals surface area contributed by atoms with Gasteiger partial charge in [0.1, 0.15) is 5.82 Å². The number of benzene rings is 2. The van der Waals surface area contributed by atoms with E-state index in [1.807, 2.05) is 30.3 Å². The maximum absolute atomic E-state index is 13.9. The average Bonchev–Trinajstić information content (AvgIpc) is 3.01. The highest BCUT2D eigenvalue weighted by Gasteiger charge is 2.08. The molecule has 0 saturated heterocycles. The number of halogens is 1. The number of hydrogen-bond acceptors (Lipinski definition) is 3. The van der Waals surface area contributed by atoms with Crippen LogP contribution in [0.3, 0.4) is 0 Å². The zero-order valence-electron chi connectivity index (χ0n) is 12.1. The molecule has 2 aromatic carbocycles. The summed E-state index contributed by atoms with van der Waals surface area (Å²) in [5.74, 6) is 0.107. The Labute approximate surface area is 131 Å². The molecule has 0 radical (unpaired) electrons. The third-order valence-electron chi connectivity index (χ3n) is 3.77. The van der Waals surface area contributed by atoms with E-state index < -0.39 is 0 Å². The average molecular weight is 304 g/mol. The van der Waals surface area contributed by atoms with Crippen molar-refractivity contribution < 1.29 is 4.39 Å². The molecular formula is C18H13FN4. The van der Waals surface area contributed by atoms with Crippen LogP contribution in [0.2, 0.25) is 0 Å². The van der Waals surface area contributed by atoms with Crippen molar-refractivity contribution in [2.75, 3.05) is 5.73 Å². The molecule has 0 aliphatic carbocycles. The molecule has 4 rings (SSSR count). The van der Waals surface area contributed by atoms with E-state index in [1.54, 1.807) is 18.5 Å². The fourth-order valence-electron chi connectivity index (χ4n) is 2.69. The number of nitrogen functional groups attached to an aromatic ring is 1. The monoisotopic (exact) mass is 304 g/mol. The fraction of sp³-hybridized carbons (Fsp3) is 0. The molecule has 0 aliphatic rings. The first kappa shape index (κ1) is 13.5. The highest BCUT2D eigenvalue weighted by Crippen LogP contribution is 2.30. The predicted molar refractivity (Wildman–Crippen MR) is 89.1 cm³/mol. The molecule has 23 heavy (non-hydrogen) atoms. The van der Waals surface area contributed by atoms with Gasteiger partial charge in [0.2, 0.25) is 0 Å². The maximum Gasteiger partial charge on any atom is 0.197 e. The van der Waals surface area contributed by atoms with E-state index in [1.165, 1.54) is 12.1 Å². The minimum absolute atomic E-state index is 0.272. The van der Waals surface area contributed by atoms with Crippen molar-refractivity contribution in [2.45, 2.75) is 0 Å². The number of rotatable bonds is 2. The standard InChI is InChI=1S/C18H13FN4/c19-14-8-13-2-1-7-21-17(13)15(9-14)11-3-5-12(6-4-11)16-10-22-18(20)23-16/h1-10H,(H3,20,22,23). The highest BCUT2D eigenvalue weighted by atomic mass is 19.1. The summed E-state index contributed by atoms with van der Waals surface area (Å²) in [6.45, 7) is 0. The zero-order chi connectivity index (χ0) is 15.8. The molecule has 4 nitrogen and oxygen atoms in total. The number of nitrogens with one attached hydrogen (secondary N) is 1. The van der Waals surface area contributed by atoms with Crippen molar-refractivity contribution in [3.05, 3.63) is 66.7 Å². The van der Waals surface area contributed by atoms with Crippen LogP contribution in [0.5, 0.6) is 0 Å². The van der Waals surface area contributed by atoms with Crippen molar-refractivity contribution in [1.82, 2.24) is 15.0 Å². The minimum Gasteiger partial charge on any atom is -0.369 e. The second-order valence-electron chi connectivity index (χ2n) is 5.29. The number of nitrogens with two attached hydrogens (primary N) is 1. The molecule has 2 heterocycles. The van der Waals surface area contributed by atoms with Crippen LogP contribution in [0.25, 0.3) is 33.3 Å². The molecule has 0 fully saturated rings. The van der Waals surface area contributed by atoms with E-state index in [4.69, 9.17) is 5.73 Å². The molecule has 112 valence electrons. The predicted octanol–water partition coefficient (Wildman–Crippen LogP) is 4.01. The molecule has 3 N–H and O–H groups in total. The van der Waals surface area contributed by atoms with Crippen LogP contribution in [0.1, 0.15) is 0 Å². The lowest BCUT2D eigenvalue weighted by Gasteiger charge is -2.07. The number of fused-ring (bicyclic) bond motifs is 1. The van der Waals surface area contributed by atoms with Crippen molar-refractivity contribution in [2.24, 2.45) is 0 Å². The smallest absolute Gasteiger partial charge is 0.197 e. The Morgan fingerprint density at radius 1 is 0.957 bits per heavy atom. The number of H-pyrrole nitrogens is 1. The number of hydrogen-bond donors (Lipinski definition) is 2. The lowest BCUT2D eigenvalue weighted by atomic mass is 10.00. The molecular weight excluding hydrogens is 291 g/mol. The van der Waals surface area contributed by atoms with Crippen LogP contribution < -0.4 is 5.73 Å². The van der Waals surface area contributed by atoms with Gasteiger partial charge in [-0.05, 0) is 29.3 Å². The first-order valence-electron chi connectivity index (χ1n) is 7.16. The summed E-state index contributed by atoms with van der Waals surface area (Å²) in [6, 6.07) is 14.4. The Morgan fingerprint density at radius 3 is 2.48 bits per heavy atom. The van der Waals surface area contributed by atoms with Gasteiger partial charge in [0.25, 0.3) is 0 Å². The van der Waals surface area contributed by atoms with Gasteiger partial charge in [-0.25, -0.2) is 9.37 Å². The minimum atomic E-state index is -0.272. The van der Waals surface area contributed by atoms with Crippen LogP contribution in [0, 0.1) is 5.82 Å². The van der Waals surface area contributed by atoms with Crippen LogP contribution in [-0.4, -0.2) is 15.0 Å². The van der Waals surface area contributed by atoms with E-state index in [9.17, 15) is 4.39 Å². The number of pyridine rings is 1. The largest absolute Gasteiger partial charge is 0.369 e. The van der Waals surface area contributed by atoms with E-state index in [0.29, 0.717) is 5.95 Å². The Balaban J connectivity index is 1.82. The summed E-state index contributed by atoms with van der Waals surface area (Å²) >= 11 is 0. The van der Waals surface area contributed by atoms with Gasteiger partial charge in [-0.1, -0.05) is 30.3 Å². The molecule has 0 unspecified atom stereocenters. The van der Waals surface area contributed by atoms with Gasteiger partial charge in [0, 0.05) is 17.1 Å². The van der Waals surface area contributed by atoms with Gasteiger partial charge < -0.3 is 10.7 Å². The normalized spacial score (nSPS) is 11.0. The Bertz CT molecular complexity index is 990. The molecule has 0 amide bonds. The summed E-state index contributed by atoms with van der Waals surface area (Å²) in [5.41, 5.74) is 9.87. The molecule has 0 spiro atoms. The van der Waals surface area contributed by atoms with Crippen molar-refractivity contribution in [3.8, 4) is 22.4 Å². The molecule has 2 aromatic heterocycles. The number of anilines is 1. The van der Waals surface area contributed by atoms with E-state index in [-0.39, 0.29) is 5.82 Å². The van der Waals surface area contributed by atoms with Gasteiger partial charge >= 0.3 is 0 Å². The lowest BCUT2D eigenvalue weighted by Crippen LogP contribution is -1.88. The number of imidazole rings is 1. The summed E-state index contributed by atoms with van der Waals surface area (Å²) in [7, 11) is 0. The second kappa shape index (κ2) is 5.21. The van der Waals surface area contributed by atoms with Crippen LogP contribution in [0.15, 0.2) is 60.9 Å². The molecule has 5 heteroatoms. The summed E-state index contributed by atoms with van der Waals surface area (Å²) in [6.07, 6.45) is 3.40. The molecule has 0 aliphatic heterocycles. The van der Waals surface area contributed by atoms with Gasteiger partial charge in [-0.15, -0.1) is 0 Å². The molecule has 0 atom stereocenters. The first-order valence-corrected chi connectivity index (χ1v) is 7.16. The second-order valence-corrected chi connectivity index (χ2v) is 5.29. The van der Waals surface area contributed by atoms with Gasteiger partial charge in [0.15, 0.2) is 5.95 Å². The summed E-state index contributed by atoms with van der Waals surface area (Å²) in [5, 5.41) is 0.785.